The van der Waals surface area contributed by atoms with E-state index < -0.39 is 4.92 Å². The monoisotopic (exact) mass is 338 g/mol. The van der Waals surface area contributed by atoms with Gasteiger partial charge in [0.15, 0.2) is 5.75 Å². The molecule has 0 amide bonds. The van der Waals surface area contributed by atoms with Crippen molar-refractivity contribution in [2.45, 2.75) is 13.2 Å². The summed E-state index contributed by atoms with van der Waals surface area (Å²) in [6.07, 6.45) is 1.62. The van der Waals surface area contributed by atoms with Gasteiger partial charge in [-0.05, 0) is 45.8 Å². The molecule has 0 aliphatic rings. The number of halogens is 1. The molecule has 0 spiro atoms. The normalized spacial score (nSPS) is 10.3. The van der Waals surface area contributed by atoms with Crippen molar-refractivity contribution < 1.29 is 14.8 Å². The fraction of sp³-hybridized carbons (Fsp3) is 0.154. The number of hydrogen-bond acceptors (Lipinski definition) is 5. The van der Waals surface area contributed by atoms with Crippen molar-refractivity contribution in [1.29, 1.82) is 0 Å². The third-order valence-electron chi connectivity index (χ3n) is 2.57. The summed E-state index contributed by atoms with van der Waals surface area (Å²) in [6.45, 7) is -0.0894. The van der Waals surface area contributed by atoms with Crippen LogP contribution in [0.2, 0.25) is 0 Å². The minimum absolute atomic E-state index is 0.114. The molecule has 0 bridgehead atoms. The Labute approximate surface area is 123 Å². The molecular weight excluding hydrogens is 328 g/mol. The summed E-state index contributed by atoms with van der Waals surface area (Å²) in [4.78, 5) is 14.5. The van der Waals surface area contributed by atoms with Crippen LogP contribution in [-0.2, 0) is 13.2 Å². The van der Waals surface area contributed by atoms with Gasteiger partial charge >= 0.3 is 5.69 Å². The van der Waals surface area contributed by atoms with Gasteiger partial charge in [-0.15, -0.1) is 0 Å². The van der Waals surface area contributed by atoms with Crippen molar-refractivity contribution in [3.8, 4) is 5.75 Å². The Morgan fingerprint density at radius 1 is 1.35 bits per heavy atom. The number of hydrogen-bond donors (Lipinski definition) is 1. The topological polar surface area (TPSA) is 85.5 Å². The Kier molecular flexibility index (Phi) is 4.65. The molecule has 20 heavy (non-hydrogen) atoms. The Morgan fingerprint density at radius 2 is 2.15 bits per heavy atom. The maximum absolute atomic E-state index is 10.9. The zero-order valence-corrected chi connectivity index (χ0v) is 11.9. The molecule has 0 aliphatic carbocycles. The van der Waals surface area contributed by atoms with Crippen LogP contribution in [0.5, 0.6) is 5.75 Å². The average Bonchev–Trinajstić information content (AvgIpc) is 2.46. The van der Waals surface area contributed by atoms with Gasteiger partial charge in [-0.1, -0.05) is 0 Å². The minimum Gasteiger partial charge on any atom is -0.480 e. The molecule has 0 saturated carbocycles. The van der Waals surface area contributed by atoms with Crippen LogP contribution in [0.4, 0.5) is 5.69 Å². The number of nitro benzene ring substituents is 1. The molecule has 0 saturated heterocycles. The number of aliphatic hydroxyl groups is 1. The van der Waals surface area contributed by atoms with E-state index in [1.54, 1.807) is 12.3 Å². The third kappa shape index (κ3) is 3.52. The van der Waals surface area contributed by atoms with E-state index in [1.165, 1.54) is 18.2 Å². The Hall–Kier alpha value is -1.99. The number of nitrogens with zero attached hydrogens (tertiary/aromatic N) is 2. The fourth-order valence-corrected chi connectivity index (χ4v) is 1.80. The van der Waals surface area contributed by atoms with Crippen molar-refractivity contribution >= 4 is 21.6 Å². The number of aromatic nitrogens is 1. The molecule has 104 valence electrons. The molecular formula is C13H11BrN2O4. The third-order valence-corrected chi connectivity index (χ3v) is 3.04. The number of benzene rings is 1. The van der Waals surface area contributed by atoms with Gasteiger partial charge in [-0.25, -0.2) is 0 Å². The summed E-state index contributed by atoms with van der Waals surface area (Å²) >= 11 is 3.27. The van der Waals surface area contributed by atoms with Crippen molar-refractivity contribution in [1.82, 2.24) is 4.98 Å². The van der Waals surface area contributed by atoms with Crippen LogP contribution in [0.1, 0.15) is 11.3 Å². The lowest BCUT2D eigenvalue weighted by Crippen LogP contribution is -2.01. The summed E-state index contributed by atoms with van der Waals surface area (Å²) < 4.78 is 6.28. The van der Waals surface area contributed by atoms with Crippen molar-refractivity contribution in [3.63, 3.8) is 0 Å². The molecule has 1 aromatic heterocycles. The molecule has 0 fully saturated rings. The predicted molar refractivity (Wildman–Crippen MR) is 75.3 cm³/mol. The Bertz CT molecular complexity index is 616. The number of nitro groups is 1. The highest BCUT2D eigenvalue weighted by Crippen LogP contribution is 2.28. The van der Waals surface area contributed by atoms with Gasteiger partial charge in [-0.2, -0.15) is 0 Å². The molecule has 1 heterocycles. The van der Waals surface area contributed by atoms with E-state index in [9.17, 15) is 10.1 Å². The van der Waals surface area contributed by atoms with E-state index in [-0.39, 0.29) is 24.7 Å². The average molecular weight is 339 g/mol. The van der Waals surface area contributed by atoms with Crippen molar-refractivity contribution in [2.24, 2.45) is 0 Å². The lowest BCUT2D eigenvalue weighted by Gasteiger charge is -2.07. The number of pyridine rings is 1. The van der Waals surface area contributed by atoms with Crippen LogP contribution < -0.4 is 4.74 Å². The number of aliphatic hydroxyl groups excluding tert-OH is 1. The van der Waals surface area contributed by atoms with Gasteiger partial charge in [0.05, 0.1) is 17.2 Å². The van der Waals surface area contributed by atoms with Gasteiger partial charge in [0.2, 0.25) is 0 Å². The molecule has 6 nitrogen and oxygen atoms in total. The van der Waals surface area contributed by atoms with Crippen LogP contribution >= 0.6 is 15.9 Å². The molecule has 2 rings (SSSR count). The highest BCUT2D eigenvalue weighted by molar-refractivity contribution is 9.10. The van der Waals surface area contributed by atoms with Crippen LogP contribution in [-0.4, -0.2) is 15.0 Å². The quantitative estimate of drug-likeness (QED) is 0.669. The van der Waals surface area contributed by atoms with Gasteiger partial charge in [0.25, 0.3) is 0 Å². The van der Waals surface area contributed by atoms with Crippen LogP contribution in [0.15, 0.2) is 41.0 Å². The molecule has 0 unspecified atom stereocenters. The van der Waals surface area contributed by atoms with Gasteiger partial charge in [-0.3, -0.25) is 15.1 Å². The lowest BCUT2D eigenvalue weighted by atomic mass is 10.2. The van der Waals surface area contributed by atoms with Gasteiger partial charge in [0, 0.05) is 16.7 Å². The summed E-state index contributed by atoms with van der Waals surface area (Å²) in [5.74, 6) is 0.117. The summed E-state index contributed by atoms with van der Waals surface area (Å²) in [5, 5.41) is 20.0. The first-order valence-corrected chi connectivity index (χ1v) is 6.51. The second-order valence-corrected chi connectivity index (χ2v) is 4.89. The zero-order chi connectivity index (χ0) is 14.5. The highest BCUT2D eigenvalue weighted by Gasteiger charge is 2.15. The number of rotatable bonds is 5. The molecule has 7 heteroatoms. The van der Waals surface area contributed by atoms with Crippen LogP contribution in [0.25, 0.3) is 0 Å². The standard InChI is InChI=1S/C13H11BrN2O4/c14-10-2-3-11(15-6-10)8-20-13-5-9(7-17)1-4-12(13)16(18)19/h1-6,17H,7-8H2. The van der Waals surface area contributed by atoms with E-state index in [1.807, 2.05) is 6.07 Å². The smallest absolute Gasteiger partial charge is 0.310 e. The van der Waals surface area contributed by atoms with Gasteiger partial charge < -0.3 is 9.84 Å². The molecule has 0 radical (unpaired) electrons. The summed E-state index contributed by atoms with van der Waals surface area (Å²) in [5.41, 5.74) is 1.06. The second-order valence-electron chi connectivity index (χ2n) is 3.97. The first kappa shape index (κ1) is 14.4. The molecule has 1 aromatic carbocycles. The van der Waals surface area contributed by atoms with Crippen LogP contribution in [0.3, 0.4) is 0 Å². The maximum Gasteiger partial charge on any atom is 0.310 e. The maximum atomic E-state index is 10.9. The first-order chi connectivity index (χ1) is 9.60. The van der Waals surface area contributed by atoms with E-state index in [2.05, 4.69) is 20.9 Å². The Morgan fingerprint density at radius 3 is 2.75 bits per heavy atom. The number of ether oxygens (including phenoxy) is 1. The molecule has 0 atom stereocenters. The van der Waals surface area contributed by atoms with Gasteiger partial charge in [0.1, 0.15) is 6.61 Å². The van der Waals surface area contributed by atoms with Crippen molar-refractivity contribution in [2.75, 3.05) is 0 Å². The molecule has 0 aliphatic heterocycles. The Balaban J connectivity index is 2.18. The lowest BCUT2D eigenvalue weighted by molar-refractivity contribution is -0.386. The van der Waals surface area contributed by atoms with E-state index in [4.69, 9.17) is 9.84 Å². The molecule has 2 aromatic rings. The van der Waals surface area contributed by atoms with Crippen molar-refractivity contribution in [3.05, 3.63) is 62.4 Å². The van der Waals surface area contributed by atoms with E-state index in [0.717, 1.165) is 4.47 Å². The largest absolute Gasteiger partial charge is 0.480 e. The zero-order valence-electron chi connectivity index (χ0n) is 10.3. The second kappa shape index (κ2) is 6.44. The SMILES string of the molecule is O=[N+]([O-])c1ccc(CO)cc1OCc1ccc(Br)cn1. The molecule has 1 N–H and O–H groups in total. The van der Waals surface area contributed by atoms with E-state index >= 15 is 0 Å². The van der Waals surface area contributed by atoms with E-state index in [0.29, 0.717) is 11.3 Å². The minimum atomic E-state index is -0.522. The highest BCUT2D eigenvalue weighted by atomic mass is 79.9. The summed E-state index contributed by atoms with van der Waals surface area (Å²) in [7, 11) is 0. The first-order valence-electron chi connectivity index (χ1n) is 5.71. The summed E-state index contributed by atoms with van der Waals surface area (Å²) in [6, 6.07) is 7.83. The predicted octanol–water partition coefficient (Wildman–Crippen LogP) is 2.82. The van der Waals surface area contributed by atoms with Crippen LogP contribution in [0, 0.1) is 10.1 Å². The fourth-order valence-electron chi connectivity index (χ4n) is 1.57.